The first-order valence-electron chi connectivity index (χ1n) is 6.26. The molecule has 0 spiro atoms. The molecule has 1 unspecified atom stereocenters. The fraction of sp³-hybridized carbons (Fsp3) is 0.571. The molecule has 1 aromatic rings. The molecule has 18 heavy (non-hydrogen) atoms. The van der Waals surface area contributed by atoms with Crippen molar-refractivity contribution in [1.82, 2.24) is 5.32 Å². The molecule has 2 rings (SSSR count). The minimum absolute atomic E-state index is 0. The number of ether oxygens (including phenoxy) is 1. The summed E-state index contributed by atoms with van der Waals surface area (Å²) in [6.45, 7) is 5.06. The van der Waals surface area contributed by atoms with Crippen molar-refractivity contribution in [3.8, 4) is 5.75 Å². The fourth-order valence-corrected chi connectivity index (χ4v) is 1.86. The van der Waals surface area contributed by atoms with Crippen LogP contribution < -0.4 is 10.1 Å². The number of hydrogen-bond acceptors (Lipinski definition) is 3. The minimum Gasteiger partial charge on any atom is -0.491 e. The van der Waals surface area contributed by atoms with Gasteiger partial charge in [-0.25, -0.2) is 0 Å². The van der Waals surface area contributed by atoms with Gasteiger partial charge in [-0.1, -0.05) is 6.07 Å². The third-order valence-corrected chi connectivity index (χ3v) is 2.86. The third-order valence-electron chi connectivity index (χ3n) is 2.86. The number of benzene rings is 1. The van der Waals surface area contributed by atoms with E-state index in [1.165, 1.54) is 24.0 Å². The smallest absolute Gasteiger partial charge is 0.119 e. The lowest BCUT2D eigenvalue weighted by atomic mass is 10.1. The zero-order valence-electron chi connectivity index (χ0n) is 11.0. The standard InChI is InChI=1S/C14H21NO2.ClH/c1-10-5-11(2)7-14(6-10)17-9-13(16)8-15-12-3-4-12;/h5-7,12-13,15-16H,3-4,8-9H2,1-2H3;1H. The zero-order chi connectivity index (χ0) is 12.3. The van der Waals surface area contributed by atoms with Crippen molar-refractivity contribution in [1.29, 1.82) is 0 Å². The van der Waals surface area contributed by atoms with Gasteiger partial charge < -0.3 is 15.2 Å². The largest absolute Gasteiger partial charge is 0.491 e. The van der Waals surface area contributed by atoms with Gasteiger partial charge in [-0.3, -0.25) is 0 Å². The fourth-order valence-electron chi connectivity index (χ4n) is 1.86. The van der Waals surface area contributed by atoms with Crippen LogP contribution in [0.5, 0.6) is 5.75 Å². The number of nitrogens with one attached hydrogen (secondary N) is 1. The summed E-state index contributed by atoms with van der Waals surface area (Å²) in [6.07, 6.45) is 2.05. The predicted octanol–water partition coefficient (Wildman–Crippen LogP) is 2.22. The molecule has 1 fully saturated rings. The Balaban J connectivity index is 0.00000162. The van der Waals surface area contributed by atoms with Crippen LogP contribution in [0.15, 0.2) is 18.2 Å². The molecule has 102 valence electrons. The van der Waals surface area contributed by atoms with E-state index in [0.29, 0.717) is 19.2 Å². The van der Waals surface area contributed by atoms with Crippen LogP contribution in [-0.2, 0) is 0 Å². The van der Waals surface area contributed by atoms with Crippen molar-refractivity contribution in [2.45, 2.75) is 38.8 Å². The maximum Gasteiger partial charge on any atom is 0.119 e. The first kappa shape index (κ1) is 15.3. The van der Waals surface area contributed by atoms with Crippen molar-refractivity contribution in [3.63, 3.8) is 0 Å². The highest BCUT2D eigenvalue weighted by Gasteiger charge is 2.21. The van der Waals surface area contributed by atoms with Gasteiger partial charge >= 0.3 is 0 Å². The Bertz CT molecular complexity index is 360. The molecule has 0 saturated heterocycles. The Labute approximate surface area is 115 Å². The van der Waals surface area contributed by atoms with Crippen molar-refractivity contribution >= 4 is 12.4 Å². The summed E-state index contributed by atoms with van der Waals surface area (Å²) in [5.41, 5.74) is 2.37. The van der Waals surface area contributed by atoms with Crippen LogP contribution in [0, 0.1) is 13.8 Å². The highest BCUT2D eigenvalue weighted by atomic mass is 35.5. The van der Waals surface area contributed by atoms with Crippen molar-refractivity contribution in [2.24, 2.45) is 0 Å². The van der Waals surface area contributed by atoms with Crippen molar-refractivity contribution in [3.05, 3.63) is 29.3 Å². The van der Waals surface area contributed by atoms with E-state index in [1.54, 1.807) is 0 Å². The summed E-state index contributed by atoms with van der Waals surface area (Å²) in [5.74, 6) is 0.841. The van der Waals surface area contributed by atoms with Gasteiger partial charge in [0.05, 0.1) is 0 Å². The van der Waals surface area contributed by atoms with Crippen LogP contribution in [0.25, 0.3) is 0 Å². The summed E-state index contributed by atoms with van der Waals surface area (Å²) in [7, 11) is 0. The molecule has 2 N–H and O–H groups in total. The number of rotatable bonds is 6. The molecule has 0 amide bonds. The molecule has 0 bridgehead atoms. The van der Waals surface area contributed by atoms with Crippen LogP contribution in [-0.4, -0.2) is 30.4 Å². The normalized spacial score (nSPS) is 15.9. The van der Waals surface area contributed by atoms with E-state index < -0.39 is 6.10 Å². The third kappa shape index (κ3) is 5.25. The number of halogens is 1. The minimum atomic E-state index is -0.434. The second-order valence-corrected chi connectivity index (χ2v) is 4.97. The van der Waals surface area contributed by atoms with E-state index in [9.17, 15) is 5.11 Å². The van der Waals surface area contributed by atoms with E-state index in [1.807, 2.05) is 26.0 Å². The number of aliphatic hydroxyl groups is 1. The van der Waals surface area contributed by atoms with Crippen LogP contribution in [0.3, 0.4) is 0 Å². The topological polar surface area (TPSA) is 41.5 Å². The lowest BCUT2D eigenvalue weighted by molar-refractivity contribution is 0.106. The zero-order valence-corrected chi connectivity index (χ0v) is 11.8. The van der Waals surface area contributed by atoms with Crippen LogP contribution >= 0.6 is 12.4 Å². The molecule has 4 heteroatoms. The summed E-state index contributed by atoms with van der Waals surface area (Å²) in [6, 6.07) is 6.73. The Hall–Kier alpha value is -0.770. The molecule has 1 aliphatic carbocycles. The highest BCUT2D eigenvalue weighted by Crippen LogP contribution is 2.19. The predicted molar refractivity (Wildman–Crippen MR) is 75.7 cm³/mol. The Morgan fingerprint density at radius 1 is 1.28 bits per heavy atom. The lowest BCUT2D eigenvalue weighted by Gasteiger charge is -2.13. The van der Waals surface area contributed by atoms with E-state index >= 15 is 0 Å². The average molecular weight is 272 g/mol. The summed E-state index contributed by atoms with van der Waals surface area (Å²) in [4.78, 5) is 0. The summed E-state index contributed by atoms with van der Waals surface area (Å²) >= 11 is 0. The molecular weight excluding hydrogens is 250 g/mol. The van der Waals surface area contributed by atoms with Crippen LogP contribution in [0.4, 0.5) is 0 Å². The van der Waals surface area contributed by atoms with Crippen LogP contribution in [0.1, 0.15) is 24.0 Å². The lowest BCUT2D eigenvalue weighted by Crippen LogP contribution is -2.32. The SMILES string of the molecule is Cc1cc(C)cc(OCC(O)CNC2CC2)c1.Cl. The molecule has 0 aliphatic heterocycles. The van der Waals surface area contributed by atoms with E-state index in [4.69, 9.17) is 4.74 Å². The maximum atomic E-state index is 9.74. The molecule has 1 aromatic carbocycles. The highest BCUT2D eigenvalue weighted by molar-refractivity contribution is 5.85. The molecular formula is C14H22ClNO2. The summed E-state index contributed by atoms with van der Waals surface area (Å²) < 4.78 is 5.59. The molecule has 1 aliphatic rings. The van der Waals surface area contributed by atoms with Crippen molar-refractivity contribution < 1.29 is 9.84 Å². The molecule has 3 nitrogen and oxygen atoms in total. The van der Waals surface area contributed by atoms with Crippen molar-refractivity contribution in [2.75, 3.05) is 13.2 Å². The van der Waals surface area contributed by atoms with E-state index in [2.05, 4.69) is 11.4 Å². The molecule has 0 heterocycles. The Morgan fingerprint density at radius 3 is 2.44 bits per heavy atom. The first-order chi connectivity index (χ1) is 8.13. The Morgan fingerprint density at radius 2 is 1.89 bits per heavy atom. The number of hydrogen-bond donors (Lipinski definition) is 2. The second-order valence-electron chi connectivity index (χ2n) is 4.97. The van der Waals surface area contributed by atoms with Gasteiger partial charge in [0.15, 0.2) is 0 Å². The monoisotopic (exact) mass is 271 g/mol. The maximum absolute atomic E-state index is 9.74. The number of aryl methyl sites for hydroxylation is 2. The molecule has 0 radical (unpaired) electrons. The van der Waals surface area contributed by atoms with Gasteiger partial charge in [-0.15, -0.1) is 12.4 Å². The van der Waals surface area contributed by atoms with Gasteiger partial charge in [-0.05, 0) is 49.9 Å². The van der Waals surface area contributed by atoms with Gasteiger partial charge in [0.1, 0.15) is 18.5 Å². The number of aliphatic hydroxyl groups excluding tert-OH is 1. The van der Waals surface area contributed by atoms with Crippen LogP contribution in [0.2, 0.25) is 0 Å². The van der Waals surface area contributed by atoms with Gasteiger partial charge in [0, 0.05) is 12.6 Å². The first-order valence-corrected chi connectivity index (χ1v) is 6.26. The average Bonchev–Trinajstić information content (AvgIpc) is 3.06. The summed E-state index contributed by atoms with van der Waals surface area (Å²) in [5, 5.41) is 13.0. The molecule has 1 atom stereocenters. The van der Waals surface area contributed by atoms with Gasteiger partial charge in [-0.2, -0.15) is 0 Å². The molecule has 1 saturated carbocycles. The molecule has 0 aromatic heterocycles. The van der Waals surface area contributed by atoms with E-state index in [0.717, 1.165) is 5.75 Å². The van der Waals surface area contributed by atoms with Gasteiger partial charge in [0.25, 0.3) is 0 Å². The quantitative estimate of drug-likeness (QED) is 0.834. The van der Waals surface area contributed by atoms with Gasteiger partial charge in [0.2, 0.25) is 0 Å². The van der Waals surface area contributed by atoms with E-state index in [-0.39, 0.29) is 12.4 Å². The second kappa shape index (κ2) is 6.98. The Kier molecular flexibility index (Phi) is 5.93.